The summed E-state index contributed by atoms with van der Waals surface area (Å²) < 4.78 is 5.49. The molecule has 0 aliphatic carbocycles. The topological polar surface area (TPSA) is 95.9 Å². The normalized spacial score (nSPS) is 12.4. The summed E-state index contributed by atoms with van der Waals surface area (Å²) in [5.41, 5.74) is 0. The molecule has 0 radical (unpaired) electrons. The molecular weight excluding hydrogens is 935 g/mol. The Labute approximate surface area is 476 Å². The Morgan fingerprint density at radius 1 is 0.316 bits per heavy atom. The molecule has 0 aromatic carbocycles. The van der Waals surface area contributed by atoms with Gasteiger partial charge in [-0.2, -0.15) is 0 Å². The number of amides is 1. The molecule has 3 N–H and O–H groups in total. The van der Waals surface area contributed by atoms with Crippen LogP contribution >= 0.6 is 0 Å². The van der Waals surface area contributed by atoms with Crippen LogP contribution in [0.1, 0.15) is 412 Å². The molecule has 2 unspecified atom stereocenters. The van der Waals surface area contributed by atoms with Crippen molar-refractivity contribution in [3.05, 3.63) is 0 Å². The number of hydrogen-bond acceptors (Lipinski definition) is 5. The van der Waals surface area contributed by atoms with Gasteiger partial charge in [-0.25, -0.2) is 0 Å². The highest BCUT2D eigenvalue weighted by atomic mass is 16.5. The lowest BCUT2D eigenvalue weighted by atomic mass is 10.0. The largest absolute Gasteiger partial charge is 0.466 e. The minimum absolute atomic E-state index is 0.0251. The lowest BCUT2D eigenvalue weighted by Crippen LogP contribution is -2.45. The molecule has 2 atom stereocenters. The van der Waals surface area contributed by atoms with E-state index in [1.807, 2.05) is 0 Å². The van der Waals surface area contributed by atoms with Crippen LogP contribution in [-0.4, -0.2) is 47.4 Å². The number of rotatable bonds is 67. The van der Waals surface area contributed by atoms with Gasteiger partial charge in [0, 0.05) is 12.8 Å². The maximum absolute atomic E-state index is 12.5. The summed E-state index contributed by atoms with van der Waals surface area (Å²) in [5, 5.41) is 23.2. The second kappa shape index (κ2) is 66.4. The Morgan fingerprint density at radius 3 is 0.803 bits per heavy atom. The number of esters is 1. The van der Waals surface area contributed by atoms with Gasteiger partial charge in [0.25, 0.3) is 0 Å². The Balaban J connectivity index is 3.27. The van der Waals surface area contributed by atoms with Crippen LogP contribution in [0.15, 0.2) is 0 Å². The summed E-state index contributed by atoms with van der Waals surface area (Å²) in [4.78, 5) is 24.5. The Kier molecular flexibility index (Phi) is 65.4. The third-order valence-corrected chi connectivity index (χ3v) is 16.9. The number of ether oxygens (including phenoxy) is 1. The molecule has 6 nitrogen and oxygen atoms in total. The van der Waals surface area contributed by atoms with Crippen LogP contribution in [0.4, 0.5) is 0 Å². The minimum atomic E-state index is -0.658. The molecule has 76 heavy (non-hydrogen) atoms. The summed E-state index contributed by atoms with van der Waals surface area (Å²) in [5.74, 6) is -0.00294. The highest BCUT2D eigenvalue weighted by Crippen LogP contribution is 2.20. The zero-order valence-electron chi connectivity index (χ0n) is 52.0. The smallest absolute Gasteiger partial charge is 0.305 e. The first-order valence-electron chi connectivity index (χ1n) is 35.3. The predicted molar refractivity (Wildman–Crippen MR) is 334 cm³/mol. The van der Waals surface area contributed by atoms with E-state index in [4.69, 9.17) is 4.74 Å². The predicted octanol–water partition coefficient (Wildman–Crippen LogP) is 22.6. The third-order valence-electron chi connectivity index (χ3n) is 16.9. The summed E-state index contributed by atoms with van der Waals surface area (Å²) in [7, 11) is 0. The fraction of sp³-hybridized carbons (Fsp3) is 0.971. The molecule has 0 bridgehead atoms. The maximum atomic E-state index is 12.5. The van der Waals surface area contributed by atoms with Crippen molar-refractivity contribution in [2.45, 2.75) is 424 Å². The van der Waals surface area contributed by atoms with E-state index in [0.717, 1.165) is 38.5 Å². The molecule has 0 saturated carbocycles. The molecule has 0 aromatic heterocycles. The van der Waals surface area contributed by atoms with Gasteiger partial charge in [0.15, 0.2) is 0 Å². The van der Waals surface area contributed by atoms with Gasteiger partial charge in [-0.1, -0.05) is 373 Å². The highest BCUT2D eigenvalue weighted by Gasteiger charge is 2.20. The van der Waals surface area contributed by atoms with Crippen molar-refractivity contribution in [1.29, 1.82) is 0 Å². The molecular formula is C70H139NO5. The molecule has 0 aliphatic heterocycles. The van der Waals surface area contributed by atoms with Crippen LogP contribution in [0.5, 0.6) is 0 Å². The SMILES string of the molecule is CCCCCCCCCCCCCCCC(=O)OCCCCCCCCCCCCCCCCCCCCCCCCCCCCCCCCCCCCCC(=O)NC(CO)C(O)CCCCCCCCCCCCC. The first-order chi connectivity index (χ1) is 37.5. The van der Waals surface area contributed by atoms with Crippen LogP contribution < -0.4 is 5.32 Å². The number of carbonyl (C=O) groups excluding carboxylic acids is 2. The standard InChI is InChI=1S/C70H139NO5/c1-3-5-7-9-11-13-15-39-44-48-52-56-60-64-70(75)76-65-61-57-53-49-45-41-38-36-34-32-30-28-26-24-22-20-18-16-17-19-21-23-25-27-29-31-33-35-37-40-43-47-51-55-59-63-69(74)71-67(66-72)68(73)62-58-54-50-46-42-14-12-10-8-6-4-2/h67-68,72-73H,3-66H2,1-2H3,(H,71,74). The van der Waals surface area contributed by atoms with E-state index in [9.17, 15) is 19.8 Å². The van der Waals surface area contributed by atoms with E-state index < -0.39 is 12.1 Å². The van der Waals surface area contributed by atoms with Crippen molar-refractivity contribution in [1.82, 2.24) is 5.32 Å². The van der Waals surface area contributed by atoms with Crippen LogP contribution in [-0.2, 0) is 14.3 Å². The fourth-order valence-corrected chi connectivity index (χ4v) is 11.5. The van der Waals surface area contributed by atoms with Crippen molar-refractivity contribution in [2.75, 3.05) is 13.2 Å². The van der Waals surface area contributed by atoms with E-state index in [-0.39, 0.29) is 18.5 Å². The van der Waals surface area contributed by atoms with Gasteiger partial charge in [-0.15, -0.1) is 0 Å². The van der Waals surface area contributed by atoms with Crippen LogP contribution in [0.2, 0.25) is 0 Å². The number of unbranched alkanes of at least 4 members (excludes halogenated alkanes) is 56. The number of aliphatic hydroxyl groups excluding tert-OH is 2. The van der Waals surface area contributed by atoms with Crippen molar-refractivity contribution in [3.8, 4) is 0 Å². The van der Waals surface area contributed by atoms with E-state index in [1.54, 1.807) is 0 Å². The van der Waals surface area contributed by atoms with Crippen LogP contribution in [0, 0.1) is 0 Å². The van der Waals surface area contributed by atoms with Crippen LogP contribution in [0.3, 0.4) is 0 Å². The zero-order chi connectivity index (χ0) is 55.0. The fourth-order valence-electron chi connectivity index (χ4n) is 11.5. The molecule has 0 aromatic rings. The Bertz CT molecular complexity index is 1100. The van der Waals surface area contributed by atoms with Gasteiger partial charge >= 0.3 is 5.97 Å². The van der Waals surface area contributed by atoms with E-state index in [0.29, 0.717) is 25.9 Å². The second-order valence-electron chi connectivity index (χ2n) is 24.6. The summed E-state index contributed by atoms with van der Waals surface area (Å²) in [6, 6.07) is -0.534. The Morgan fingerprint density at radius 2 is 0.539 bits per heavy atom. The molecule has 0 saturated heterocycles. The summed E-state index contributed by atoms with van der Waals surface area (Å²) >= 11 is 0. The van der Waals surface area contributed by atoms with Crippen molar-refractivity contribution < 1.29 is 24.5 Å². The van der Waals surface area contributed by atoms with Gasteiger partial charge in [-0.05, 0) is 25.7 Å². The van der Waals surface area contributed by atoms with Gasteiger partial charge < -0.3 is 20.3 Å². The van der Waals surface area contributed by atoms with Crippen molar-refractivity contribution in [3.63, 3.8) is 0 Å². The minimum Gasteiger partial charge on any atom is -0.466 e. The molecule has 0 spiro atoms. The maximum Gasteiger partial charge on any atom is 0.305 e. The molecule has 0 aliphatic rings. The Hall–Kier alpha value is -1.14. The number of hydrogen-bond donors (Lipinski definition) is 3. The van der Waals surface area contributed by atoms with Gasteiger partial charge in [0.2, 0.25) is 5.91 Å². The van der Waals surface area contributed by atoms with E-state index in [2.05, 4.69) is 19.2 Å². The third kappa shape index (κ3) is 62.1. The zero-order valence-corrected chi connectivity index (χ0v) is 52.0. The first-order valence-corrected chi connectivity index (χ1v) is 35.3. The molecule has 0 fully saturated rings. The number of nitrogens with one attached hydrogen (secondary N) is 1. The molecule has 1 amide bonds. The highest BCUT2D eigenvalue weighted by molar-refractivity contribution is 5.76. The summed E-state index contributed by atoms with van der Waals surface area (Å²) in [6.45, 7) is 4.98. The second-order valence-corrected chi connectivity index (χ2v) is 24.6. The average molecular weight is 1070 g/mol. The average Bonchev–Trinajstić information content (AvgIpc) is 3.42. The van der Waals surface area contributed by atoms with E-state index in [1.165, 1.54) is 340 Å². The number of carbonyl (C=O) groups is 2. The van der Waals surface area contributed by atoms with Crippen molar-refractivity contribution >= 4 is 11.9 Å². The lowest BCUT2D eigenvalue weighted by Gasteiger charge is -2.22. The lowest BCUT2D eigenvalue weighted by molar-refractivity contribution is -0.143. The van der Waals surface area contributed by atoms with E-state index >= 15 is 0 Å². The molecule has 0 heterocycles. The van der Waals surface area contributed by atoms with Crippen LogP contribution in [0.25, 0.3) is 0 Å². The number of aliphatic hydroxyl groups is 2. The quantitative estimate of drug-likeness (QED) is 0.0417. The van der Waals surface area contributed by atoms with Gasteiger partial charge in [0.05, 0.1) is 25.4 Å². The van der Waals surface area contributed by atoms with Gasteiger partial charge in [0.1, 0.15) is 0 Å². The first kappa shape index (κ1) is 74.9. The summed E-state index contributed by atoms with van der Waals surface area (Å²) in [6.07, 6.45) is 80.3. The molecule has 6 heteroatoms. The monoisotopic (exact) mass is 1070 g/mol. The van der Waals surface area contributed by atoms with Gasteiger partial charge in [-0.3, -0.25) is 9.59 Å². The van der Waals surface area contributed by atoms with Crippen molar-refractivity contribution in [2.24, 2.45) is 0 Å². The molecule has 0 rings (SSSR count). The molecule has 454 valence electrons.